The lowest BCUT2D eigenvalue weighted by Crippen LogP contribution is -2.38. The molecule has 24 heavy (non-hydrogen) atoms. The molecule has 7 heteroatoms. The SMILES string of the molecule is Cc1ccc(-c2ccc(N3CCCC[C@@H]3C)nn2)cc1S(N)(=O)=O. The zero-order chi connectivity index (χ0) is 17.3. The Hall–Kier alpha value is -1.99. The van der Waals surface area contributed by atoms with E-state index >= 15 is 0 Å². The van der Waals surface area contributed by atoms with Crippen molar-refractivity contribution in [3.05, 3.63) is 35.9 Å². The average Bonchev–Trinajstić information content (AvgIpc) is 2.55. The van der Waals surface area contributed by atoms with Crippen LogP contribution in [0.4, 0.5) is 5.82 Å². The standard InChI is InChI=1S/C17H22N4O2S/c1-12-6-7-14(11-16(12)24(18,22)23)15-8-9-17(20-19-15)21-10-4-3-5-13(21)2/h6-9,11,13H,3-5,10H2,1-2H3,(H2,18,22,23)/t13-/m0/s1. The van der Waals surface area contributed by atoms with Crippen LogP contribution in [-0.4, -0.2) is 31.2 Å². The number of piperidine rings is 1. The average molecular weight is 346 g/mol. The number of hydrogen-bond acceptors (Lipinski definition) is 5. The molecule has 2 N–H and O–H groups in total. The highest BCUT2D eigenvalue weighted by Gasteiger charge is 2.20. The zero-order valence-electron chi connectivity index (χ0n) is 13.9. The predicted octanol–water partition coefficient (Wildman–Crippen LogP) is 2.48. The molecule has 0 spiro atoms. The van der Waals surface area contributed by atoms with Crippen molar-refractivity contribution in [2.45, 2.75) is 44.0 Å². The summed E-state index contributed by atoms with van der Waals surface area (Å²) in [6.07, 6.45) is 3.59. The van der Waals surface area contributed by atoms with Gasteiger partial charge in [-0.15, -0.1) is 10.2 Å². The van der Waals surface area contributed by atoms with Gasteiger partial charge in [0.25, 0.3) is 0 Å². The molecule has 1 aromatic carbocycles. The molecule has 0 radical (unpaired) electrons. The molecule has 0 saturated carbocycles. The van der Waals surface area contributed by atoms with Gasteiger partial charge in [0, 0.05) is 18.2 Å². The molecule has 2 heterocycles. The molecule has 6 nitrogen and oxygen atoms in total. The monoisotopic (exact) mass is 346 g/mol. The van der Waals surface area contributed by atoms with E-state index in [4.69, 9.17) is 5.14 Å². The van der Waals surface area contributed by atoms with Gasteiger partial charge >= 0.3 is 0 Å². The predicted molar refractivity (Wildman–Crippen MR) is 94.2 cm³/mol. The number of benzene rings is 1. The van der Waals surface area contributed by atoms with E-state index in [0.29, 0.717) is 22.9 Å². The molecule has 128 valence electrons. The van der Waals surface area contributed by atoms with Crippen molar-refractivity contribution in [3.63, 3.8) is 0 Å². The van der Waals surface area contributed by atoms with E-state index in [1.54, 1.807) is 19.1 Å². The van der Waals surface area contributed by atoms with Crippen molar-refractivity contribution in [2.75, 3.05) is 11.4 Å². The number of nitrogens with two attached hydrogens (primary N) is 1. The number of primary sulfonamides is 1. The summed E-state index contributed by atoms with van der Waals surface area (Å²) in [6.45, 7) is 4.92. The molecular weight excluding hydrogens is 324 g/mol. The summed E-state index contributed by atoms with van der Waals surface area (Å²) >= 11 is 0. The van der Waals surface area contributed by atoms with Gasteiger partial charge in [0.05, 0.1) is 10.6 Å². The Morgan fingerprint density at radius 2 is 1.96 bits per heavy atom. The minimum absolute atomic E-state index is 0.121. The first-order chi connectivity index (χ1) is 11.4. The molecule has 0 unspecified atom stereocenters. The van der Waals surface area contributed by atoms with Gasteiger partial charge in [0.2, 0.25) is 10.0 Å². The van der Waals surface area contributed by atoms with Crippen molar-refractivity contribution in [2.24, 2.45) is 5.14 Å². The molecule has 2 aromatic rings. The highest BCUT2D eigenvalue weighted by molar-refractivity contribution is 7.89. The summed E-state index contributed by atoms with van der Waals surface area (Å²) in [4.78, 5) is 2.39. The number of nitrogens with zero attached hydrogens (tertiary/aromatic N) is 3. The number of aryl methyl sites for hydroxylation is 1. The summed E-state index contributed by atoms with van der Waals surface area (Å²) in [5.74, 6) is 0.865. The molecular formula is C17H22N4O2S. The molecule has 1 atom stereocenters. The first-order valence-electron chi connectivity index (χ1n) is 8.10. The largest absolute Gasteiger partial charge is 0.352 e. The van der Waals surface area contributed by atoms with Crippen LogP contribution in [0.5, 0.6) is 0 Å². The third-order valence-electron chi connectivity index (χ3n) is 4.54. The van der Waals surface area contributed by atoms with Crippen LogP contribution in [0.3, 0.4) is 0 Å². The van der Waals surface area contributed by atoms with Gasteiger partial charge in [-0.05, 0) is 56.9 Å². The van der Waals surface area contributed by atoms with Gasteiger partial charge in [-0.25, -0.2) is 13.6 Å². The Morgan fingerprint density at radius 3 is 2.58 bits per heavy atom. The quantitative estimate of drug-likeness (QED) is 0.922. The van der Waals surface area contributed by atoms with Crippen molar-refractivity contribution in [1.82, 2.24) is 10.2 Å². The van der Waals surface area contributed by atoms with Crippen LogP contribution in [0.1, 0.15) is 31.7 Å². The Balaban J connectivity index is 1.91. The van der Waals surface area contributed by atoms with Crippen molar-refractivity contribution in [3.8, 4) is 11.3 Å². The van der Waals surface area contributed by atoms with Crippen molar-refractivity contribution < 1.29 is 8.42 Å². The fourth-order valence-electron chi connectivity index (χ4n) is 3.14. The van der Waals surface area contributed by atoms with Crippen LogP contribution in [0.15, 0.2) is 35.2 Å². The molecule has 1 saturated heterocycles. The van der Waals surface area contributed by atoms with Gasteiger partial charge in [-0.2, -0.15) is 0 Å². The second-order valence-corrected chi connectivity index (χ2v) is 7.87. The van der Waals surface area contributed by atoms with Gasteiger partial charge in [-0.1, -0.05) is 12.1 Å². The van der Waals surface area contributed by atoms with Gasteiger partial charge in [0.1, 0.15) is 0 Å². The van der Waals surface area contributed by atoms with Crippen molar-refractivity contribution in [1.29, 1.82) is 0 Å². The fraction of sp³-hybridized carbons (Fsp3) is 0.412. The number of anilines is 1. The van der Waals surface area contributed by atoms with Crippen LogP contribution < -0.4 is 10.0 Å². The number of hydrogen-bond donors (Lipinski definition) is 1. The maximum Gasteiger partial charge on any atom is 0.238 e. The van der Waals surface area contributed by atoms with E-state index in [0.717, 1.165) is 12.4 Å². The Bertz CT molecular complexity index is 834. The van der Waals surface area contributed by atoms with E-state index in [2.05, 4.69) is 22.0 Å². The number of aromatic nitrogens is 2. The molecule has 1 aliphatic heterocycles. The molecule has 0 amide bonds. The van der Waals surface area contributed by atoms with Crippen LogP contribution >= 0.6 is 0 Å². The van der Waals surface area contributed by atoms with Crippen LogP contribution in [0, 0.1) is 6.92 Å². The first kappa shape index (κ1) is 16.9. The highest BCUT2D eigenvalue weighted by atomic mass is 32.2. The maximum absolute atomic E-state index is 11.7. The molecule has 3 rings (SSSR count). The zero-order valence-corrected chi connectivity index (χ0v) is 14.8. The van der Waals surface area contributed by atoms with E-state index < -0.39 is 10.0 Å². The molecule has 1 aliphatic rings. The lowest BCUT2D eigenvalue weighted by molar-refractivity contribution is 0.480. The van der Waals surface area contributed by atoms with Crippen molar-refractivity contribution >= 4 is 15.8 Å². The lowest BCUT2D eigenvalue weighted by atomic mass is 10.0. The number of sulfonamides is 1. The normalized spacial score (nSPS) is 18.6. The van der Waals surface area contributed by atoms with E-state index in [9.17, 15) is 8.42 Å². The summed E-state index contributed by atoms with van der Waals surface area (Å²) in [5.41, 5.74) is 1.94. The van der Waals surface area contributed by atoms with E-state index in [-0.39, 0.29) is 4.90 Å². The second kappa shape index (κ2) is 6.49. The molecule has 0 aliphatic carbocycles. The fourth-order valence-corrected chi connectivity index (χ4v) is 3.94. The topological polar surface area (TPSA) is 89.2 Å². The maximum atomic E-state index is 11.7. The smallest absolute Gasteiger partial charge is 0.238 e. The van der Waals surface area contributed by atoms with E-state index in [1.807, 2.05) is 18.2 Å². The Morgan fingerprint density at radius 1 is 1.17 bits per heavy atom. The van der Waals surface area contributed by atoms with Gasteiger partial charge < -0.3 is 4.90 Å². The third kappa shape index (κ3) is 3.42. The van der Waals surface area contributed by atoms with Crippen LogP contribution in [0.2, 0.25) is 0 Å². The van der Waals surface area contributed by atoms with E-state index in [1.165, 1.54) is 19.3 Å². The summed E-state index contributed by atoms with van der Waals surface area (Å²) in [7, 11) is -3.75. The first-order valence-corrected chi connectivity index (χ1v) is 9.65. The summed E-state index contributed by atoms with van der Waals surface area (Å²) in [5, 5.41) is 13.9. The molecule has 0 bridgehead atoms. The molecule has 1 fully saturated rings. The Kier molecular flexibility index (Phi) is 4.56. The minimum Gasteiger partial charge on any atom is -0.352 e. The minimum atomic E-state index is -3.75. The van der Waals surface area contributed by atoms with Crippen LogP contribution in [0.25, 0.3) is 11.3 Å². The summed E-state index contributed by atoms with van der Waals surface area (Å²) in [6, 6.07) is 9.40. The summed E-state index contributed by atoms with van der Waals surface area (Å²) < 4.78 is 23.3. The lowest BCUT2D eigenvalue weighted by Gasteiger charge is -2.34. The Labute approximate surface area is 142 Å². The third-order valence-corrected chi connectivity index (χ3v) is 5.59. The van der Waals surface area contributed by atoms with Gasteiger partial charge in [0.15, 0.2) is 5.82 Å². The highest BCUT2D eigenvalue weighted by Crippen LogP contribution is 2.26. The number of rotatable bonds is 3. The second-order valence-electron chi connectivity index (χ2n) is 6.34. The van der Waals surface area contributed by atoms with Gasteiger partial charge in [-0.3, -0.25) is 0 Å². The van der Waals surface area contributed by atoms with Crippen LogP contribution in [-0.2, 0) is 10.0 Å². The molecule has 1 aromatic heterocycles.